The summed E-state index contributed by atoms with van der Waals surface area (Å²) in [6, 6.07) is 0. The lowest BCUT2D eigenvalue weighted by Gasteiger charge is -2.30. The lowest BCUT2D eigenvalue weighted by molar-refractivity contribution is -0.137. The molecule has 10 heavy (non-hydrogen) atoms. The predicted molar refractivity (Wildman–Crippen MR) is 35.6 cm³/mol. The number of hydrogen-bond donors (Lipinski definition) is 2. The largest absolute Gasteiger partial charge is 0.481 e. The Labute approximate surface area is 59.7 Å². The summed E-state index contributed by atoms with van der Waals surface area (Å²) in [5.41, 5.74) is 0. The van der Waals surface area contributed by atoms with Crippen molar-refractivity contribution < 1.29 is 15.0 Å². The van der Waals surface area contributed by atoms with Gasteiger partial charge in [0.1, 0.15) is 0 Å². The molecule has 58 valence electrons. The molecule has 0 bridgehead atoms. The van der Waals surface area contributed by atoms with Gasteiger partial charge in [-0.2, -0.15) is 0 Å². The van der Waals surface area contributed by atoms with Gasteiger partial charge in [-0.05, 0) is 25.2 Å². The van der Waals surface area contributed by atoms with Crippen LogP contribution in [0.25, 0.3) is 0 Å². The second-order valence-corrected chi connectivity index (χ2v) is 2.92. The number of aliphatic carboxylic acids is 1. The van der Waals surface area contributed by atoms with Crippen LogP contribution in [0.4, 0.5) is 0 Å². The van der Waals surface area contributed by atoms with E-state index in [1.54, 1.807) is 0 Å². The van der Waals surface area contributed by atoms with Crippen LogP contribution in [0.5, 0.6) is 0 Å². The predicted octanol–water partition coefficient (Wildman–Crippen LogP) is 0.622. The normalized spacial score (nSPS) is 31.3. The Morgan fingerprint density at radius 3 is 2.50 bits per heavy atom. The van der Waals surface area contributed by atoms with Crippen molar-refractivity contribution in [1.29, 1.82) is 0 Å². The number of aliphatic hydroxyl groups is 1. The van der Waals surface area contributed by atoms with Crippen molar-refractivity contribution >= 4 is 5.97 Å². The second-order valence-electron chi connectivity index (χ2n) is 2.92. The maximum absolute atomic E-state index is 10.1. The number of carboxylic acid groups (broad SMARTS) is 1. The Morgan fingerprint density at radius 1 is 1.50 bits per heavy atom. The average molecular weight is 144 g/mol. The topological polar surface area (TPSA) is 57.5 Å². The van der Waals surface area contributed by atoms with Gasteiger partial charge in [0.15, 0.2) is 0 Å². The lowest BCUT2D eigenvalue weighted by Crippen LogP contribution is -2.28. The van der Waals surface area contributed by atoms with Crippen LogP contribution in [0, 0.1) is 5.92 Å². The standard InChI is InChI=1S/C7H12O3/c8-6-3-5(4-6)1-2-7(9)10/h5-6,8H,1-4H2,(H,9,10). The van der Waals surface area contributed by atoms with Crippen LogP contribution < -0.4 is 0 Å². The van der Waals surface area contributed by atoms with Crippen LogP contribution in [0.15, 0.2) is 0 Å². The molecule has 3 nitrogen and oxygen atoms in total. The fraction of sp³-hybridized carbons (Fsp3) is 0.857. The van der Waals surface area contributed by atoms with Crippen molar-refractivity contribution in [2.75, 3.05) is 0 Å². The van der Waals surface area contributed by atoms with Gasteiger partial charge in [-0.3, -0.25) is 4.79 Å². The second kappa shape index (κ2) is 3.01. The molecule has 0 heterocycles. The SMILES string of the molecule is O=C(O)CCC1CC(O)C1. The van der Waals surface area contributed by atoms with E-state index in [0.29, 0.717) is 5.92 Å². The van der Waals surface area contributed by atoms with Gasteiger partial charge in [-0.1, -0.05) is 0 Å². The summed E-state index contributed by atoms with van der Waals surface area (Å²) in [5, 5.41) is 17.1. The summed E-state index contributed by atoms with van der Waals surface area (Å²) >= 11 is 0. The van der Waals surface area contributed by atoms with Gasteiger partial charge in [-0.15, -0.1) is 0 Å². The third-order valence-corrected chi connectivity index (χ3v) is 1.98. The highest BCUT2D eigenvalue weighted by Gasteiger charge is 2.26. The Morgan fingerprint density at radius 2 is 2.10 bits per heavy atom. The average Bonchev–Trinajstić information content (AvgIpc) is 1.77. The summed E-state index contributed by atoms with van der Waals surface area (Å²) in [5.74, 6) is -0.271. The molecular weight excluding hydrogens is 132 g/mol. The number of aliphatic hydroxyl groups excluding tert-OH is 1. The number of hydrogen-bond acceptors (Lipinski definition) is 2. The van der Waals surface area contributed by atoms with Crippen molar-refractivity contribution in [2.45, 2.75) is 31.8 Å². The molecule has 0 aliphatic heterocycles. The summed E-state index contributed by atoms with van der Waals surface area (Å²) in [6.07, 6.45) is 2.42. The number of carbonyl (C=O) groups is 1. The fourth-order valence-corrected chi connectivity index (χ4v) is 1.26. The molecule has 0 saturated heterocycles. The molecule has 0 aromatic carbocycles. The van der Waals surface area contributed by atoms with E-state index < -0.39 is 5.97 Å². The lowest BCUT2D eigenvalue weighted by atomic mass is 9.79. The minimum absolute atomic E-state index is 0.154. The van der Waals surface area contributed by atoms with Crippen molar-refractivity contribution in [3.05, 3.63) is 0 Å². The molecular formula is C7H12O3. The Hall–Kier alpha value is -0.570. The maximum Gasteiger partial charge on any atom is 0.303 e. The van der Waals surface area contributed by atoms with E-state index in [9.17, 15) is 4.79 Å². The van der Waals surface area contributed by atoms with E-state index in [1.165, 1.54) is 0 Å². The Kier molecular flexibility index (Phi) is 2.27. The van der Waals surface area contributed by atoms with E-state index in [-0.39, 0.29) is 12.5 Å². The summed E-state index contributed by atoms with van der Waals surface area (Å²) < 4.78 is 0. The molecule has 0 aromatic rings. The fourth-order valence-electron chi connectivity index (χ4n) is 1.26. The zero-order chi connectivity index (χ0) is 7.56. The van der Waals surface area contributed by atoms with Crippen molar-refractivity contribution in [1.82, 2.24) is 0 Å². The monoisotopic (exact) mass is 144 g/mol. The molecule has 0 radical (unpaired) electrons. The van der Waals surface area contributed by atoms with E-state index in [4.69, 9.17) is 10.2 Å². The first-order valence-corrected chi connectivity index (χ1v) is 3.58. The molecule has 1 rings (SSSR count). The van der Waals surface area contributed by atoms with Gasteiger partial charge in [0, 0.05) is 6.42 Å². The van der Waals surface area contributed by atoms with Crippen LogP contribution in [0.1, 0.15) is 25.7 Å². The molecule has 1 fully saturated rings. The first-order valence-electron chi connectivity index (χ1n) is 3.58. The molecule has 1 aliphatic rings. The van der Waals surface area contributed by atoms with Gasteiger partial charge < -0.3 is 10.2 Å². The highest BCUT2D eigenvalue weighted by Crippen LogP contribution is 2.30. The smallest absolute Gasteiger partial charge is 0.303 e. The molecule has 3 heteroatoms. The number of rotatable bonds is 3. The van der Waals surface area contributed by atoms with Gasteiger partial charge >= 0.3 is 5.97 Å². The first-order chi connectivity index (χ1) is 4.68. The van der Waals surface area contributed by atoms with Crippen molar-refractivity contribution in [2.24, 2.45) is 5.92 Å². The van der Waals surface area contributed by atoms with Gasteiger partial charge in [0.25, 0.3) is 0 Å². The summed E-state index contributed by atoms with van der Waals surface area (Å²) in [7, 11) is 0. The molecule has 0 atom stereocenters. The van der Waals surface area contributed by atoms with Crippen LogP contribution in [0.2, 0.25) is 0 Å². The van der Waals surface area contributed by atoms with E-state index >= 15 is 0 Å². The third-order valence-electron chi connectivity index (χ3n) is 1.98. The Balaban J connectivity index is 2.00. The van der Waals surface area contributed by atoms with Gasteiger partial charge in [0.2, 0.25) is 0 Å². The van der Waals surface area contributed by atoms with Gasteiger partial charge in [0.05, 0.1) is 6.10 Å². The summed E-state index contributed by atoms with van der Waals surface area (Å²) in [6.45, 7) is 0. The van der Waals surface area contributed by atoms with Crippen LogP contribution >= 0.6 is 0 Å². The third kappa shape index (κ3) is 1.99. The van der Waals surface area contributed by atoms with Gasteiger partial charge in [-0.25, -0.2) is 0 Å². The first kappa shape index (κ1) is 7.54. The minimum atomic E-state index is -0.735. The molecule has 1 aliphatic carbocycles. The highest BCUT2D eigenvalue weighted by atomic mass is 16.4. The quantitative estimate of drug-likeness (QED) is 0.610. The van der Waals surface area contributed by atoms with Crippen LogP contribution in [-0.4, -0.2) is 22.3 Å². The van der Waals surface area contributed by atoms with E-state index in [1.807, 2.05) is 0 Å². The minimum Gasteiger partial charge on any atom is -0.481 e. The van der Waals surface area contributed by atoms with Crippen molar-refractivity contribution in [3.63, 3.8) is 0 Å². The maximum atomic E-state index is 10.1. The molecule has 1 saturated carbocycles. The molecule has 0 amide bonds. The molecule has 2 N–H and O–H groups in total. The molecule has 0 unspecified atom stereocenters. The molecule has 0 aromatic heterocycles. The van der Waals surface area contributed by atoms with Crippen LogP contribution in [-0.2, 0) is 4.79 Å². The zero-order valence-corrected chi connectivity index (χ0v) is 5.79. The van der Waals surface area contributed by atoms with Crippen LogP contribution in [0.3, 0.4) is 0 Å². The Bertz CT molecular complexity index is 127. The molecule has 0 spiro atoms. The van der Waals surface area contributed by atoms with E-state index in [0.717, 1.165) is 19.3 Å². The zero-order valence-electron chi connectivity index (χ0n) is 5.79. The number of carboxylic acids is 1. The van der Waals surface area contributed by atoms with E-state index in [2.05, 4.69) is 0 Å². The highest BCUT2D eigenvalue weighted by molar-refractivity contribution is 5.66. The van der Waals surface area contributed by atoms with Crippen molar-refractivity contribution in [3.8, 4) is 0 Å². The summed E-state index contributed by atoms with van der Waals surface area (Å²) in [4.78, 5) is 10.1.